The number of hydrogen-bond donors (Lipinski definition) is 0. The molecule has 5 heteroatoms. The van der Waals surface area contributed by atoms with Crippen molar-refractivity contribution in [1.29, 1.82) is 0 Å². The predicted molar refractivity (Wildman–Crippen MR) is 102 cm³/mol. The minimum atomic E-state index is -3.42. The molecule has 2 heterocycles. The predicted octanol–water partition coefficient (Wildman–Crippen LogP) is 4.30. The number of rotatable bonds is 3. The van der Waals surface area contributed by atoms with E-state index in [0.717, 1.165) is 25.1 Å². The Kier molecular flexibility index (Phi) is 4.62. The van der Waals surface area contributed by atoms with Gasteiger partial charge in [0.05, 0.1) is 22.7 Å². The second kappa shape index (κ2) is 6.45. The van der Waals surface area contributed by atoms with E-state index >= 15 is 0 Å². The zero-order valence-corrected chi connectivity index (χ0v) is 16.2. The molecule has 1 atom stereocenters. The Labute approximate surface area is 150 Å². The lowest BCUT2D eigenvalue weighted by atomic mass is 9.99. The number of nitrogens with zero attached hydrogens (tertiary/aromatic N) is 2. The molecule has 25 heavy (non-hydrogen) atoms. The number of benzene rings is 1. The van der Waals surface area contributed by atoms with Crippen molar-refractivity contribution in [3.8, 4) is 0 Å². The summed E-state index contributed by atoms with van der Waals surface area (Å²) < 4.78 is 24.2. The molecule has 0 aliphatic carbocycles. The van der Waals surface area contributed by atoms with Crippen molar-refractivity contribution in [3.63, 3.8) is 0 Å². The highest BCUT2D eigenvalue weighted by molar-refractivity contribution is 7.92. The molecule has 1 aromatic carbocycles. The maximum absolute atomic E-state index is 12.5. The Morgan fingerprint density at radius 2 is 1.84 bits per heavy atom. The first kappa shape index (κ1) is 17.9. The third-order valence-corrected chi connectivity index (χ3v) is 7.34. The Balaban J connectivity index is 1.91. The van der Waals surface area contributed by atoms with Gasteiger partial charge in [-0.05, 0) is 63.8 Å². The van der Waals surface area contributed by atoms with Crippen LogP contribution >= 0.6 is 0 Å². The standard InChI is InChI=1S/C20H26N2O2S/c1-15-8-5-6-9-17(15)18-10-7-13-22(18)16-11-12-19(21-14-16)25(23,24)20(2,3)4/h5-6,8-9,11-12,14,18H,7,10,13H2,1-4H3. The van der Waals surface area contributed by atoms with Crippen LogP contribution in [-0.2, 0) is 9.84 Å². The van der Waals surface area contributed by atoms with Crippen LogP contribution in [-0.4, -0.2) is 24.7 Å². The first-order valence-electron chi connectivity index (χ1n) is 8.75. The average Bonchev–Trinajstić information content (AvgIpc) is 3.03. The van der Waals surface area contributed by atoms with Crippen LogP contribution in [0.5, 0.6) is 0 Å². The molecule has 1 saturated heterocycles. The van der Waals surface area contributed by atoms with Gasteiger partial charge in [0, 0.05) is 6.54 Å². The molecule has 134 valence electrons. The normalized spacial score (nSPS) is 18.6. The number of anilines is 1. The molecule has 0 radical (unpaired) electrons. The molecule has 3 rings (SSSR count). The lowest BCUT2D eigenvalue weighted by Crippen LogP contribution is -2.29. The molecule has 1 fully saturated rings. The van der Waals surface area contributed by atoms with Crippen molar-refractivity contribution < 1.29 is 8.42 Å². The molecule has 1 aliphatic heterocycles. The highest BCUT2D eigenvalue weighted by Gasteiger charge is 2.33. The zero-order valence-electron chi connectivity index (χ0n) is 15.4. The summed E-state index contributed by atoms with van der Waals surface area (Å²) in [6.07, 6.45) is 3.93. The Hall–Kier alpha value is -1.88. The molecule has 0 spiro atoms. The van der Waals surface area contributed by atoms with Gasteiger partial charge in [-0.15, -0.1) is 0 Å². The summed E-state index contributed by atoms with van der Waals surface area (Å²) in [5, 5.41) is 0.149. The van der Waals surface area contributed by atoms with Gasteiger partial charge < -0.3 is 4.90 Å². The Morgan fingerprint density at radius 3 is 2.44 bits per heavy atom. The van der Waals surface area contributed by atoms with Crippen LogP contribution < -0.4 is 4.90 Å². The second-order valence-corrected chi connectivity index (χ2v) is 10.3. The molecule has 1 unspecified atom stereocenters. The summed E-state index contributed by atoms with van der Waals surface area (Å²) in [6, 6.07) is 12.3. The second-order valence-electron chi connectivity index (χ2n) is 7.68. The summed E-state index contributed by atoms with van der Waals surface area (Å²) in [7, 11) is -3.42. The zero-order chi connectivity index (χ0) is 18.2. The van der Waals surface area contributed by atoms with Crippen LogP contribution in [0.15, 0.2) is 47.6 Å². The van der Waals surface area contributed by atoms with Gasteiger partial charge in [0.1, 0.15) is 0 Å². The van der Waals surface area contributed by atoms with Crippen LogP contribution in [0.3, 0.4) is 0 Å². The van der Waals surface area contributed by atoms with Gasteiger partial charge in [-0.25, -0.2) is 13.4 Å². The van der Waals surface area contributed by atoms with E-state index in [4.69, 9.17) is 0 Å². The summed E-state index contributed by atoms with van der Waals surface area (Å²) in [5.74, 6) is 0. The molecule has 4 nitrogen and oxygen atoms in total. The summed E-state index contributed by atoms with van der Waals surface area (Å²) in [4.78, 5) is 6.62. The largest absolute Gasteiger partial charge is 0.363 e. The van der Waals surface area contributed by atoms with E-state index in [9.17, 15) is 8.42 Å². The fourth-order valence-electron chi connectivity index (χ4n) is 3.37. The van der Waals surface area contributed by atoms with Crippen LogP contribution in [0.25, 0.3) is 0 Å². The molecule has 1 aliphatic rings. The molecule has 0 amide bonds. The van der Waals surface area contributed by atoms with E-state index in [1.54, 1.807) is 33.0 Å². The van der Waals surface area contributed by atoms with Gasteiger partial charge >= 0.3 is 0 Å². The molecule has 2 aromatic rings. The molecular weight excluding hydrogens is 332 g/mol. The average molecular weight is 359 g/mol. The van der Waals surface area contributed by atoms with E-state index in [1.807, 2.05) is 6.07 Å². The molecule has 1 aromatic heterocycles. The van der Waals surface area contributed by atoms with Gasteiger partial charge in [0.15, 0.2) is 14.9 Å². The van der Waals surface area contributed by atoms with Crippen molar-refractivity contribution in [2.45, 2.75) is 56.4 Å². The Bertz CT molecular complexity index is 852. The van der Waals surface area contributed by atoms with Gasteiger partial charge in [-0.1, -0.05) is 24.3 Å². The quantitative estimate of drug-likeness (QED) is 0.821. The summed E-state index contributed by atoms with van der Waals surface area (Å²) in [6.45, 7) is 8.21. The van der Waals surface area contributed by atoms with Crippen LogP contribution in [0, 0.1) is 6.92 Å². The van der Waals surface area contributed by atoms with Gasteiger partial charge in [-0.3, -0.25) is 0 Å². The number of pyridine rings is 1. The summed E-state index contributed by atoms with van der Waals surface area (Å²) in [5.41, 5.74) is 3.62. The molecular formula is C20H26N2O2S. The van der Waals surface area contributed by atoms with Crippen molar-refractivity contribution >= 4 is 15.5 Å². The van der Waals surface area contributed by atoms with Crippen LogP contribution in [0.1, 0.15) is 50.8 Å². The lowest BCUT2D eigenvalue weighted by molar-refractivity contribution is 0.556. The third-order valence-electron chi connectivity index (χ3n) is 4.93. The van der Waals surface area contributed by atoms with Gasteiger partial charge in [0.2, 0.25) is 0 Å². The van der Waals surface area contributed by atoms with Crippen molar-refractivity contribution in [1.82, 2.24) is 4.98 Å². The maximum Gasteiger partial charge on any atom is 0.200 e. The topological polar surface area (TPSA) is 50.3 Å². The molecule has 0 saturated carbocycles. The van der Waals surface area contributed by atoms with Gasteiger partial charge in [-0.2, -0.15) is 0 Å². The minimum Gasteiger partial charge on any atom is -0.363 e. The van der Waals surface area contributed by atoms with E-state index in [1.165, 1.54) is 11.1 Å². The molecule has 0 N–H and O–H groups in total. The number of sulfone groups is 1. The summed E-state index contributed by atoms with van der Waals surface area (Å²) >= 11 is 0. The maximum atomic E-state index is 12.5. The number of hydrogen-bond acceptors (Lipinski definition) is 4. The van der Waals surface area contributed by atoms with Crippen molar-refractivity contribution in [3.05, 3.63) is 53.7 Å². The molecule has 0 bridgehead atoms. The first-order chi connectivity index (χ1) is 11.7. The minimum absolute atomic E-state index is 0.149. The van der Waals surface area contributed by atoms with Crippen molar-refractivity contribution in [2.24, 2.45) is 0 Å². The lowest BCUT2D eigenvalue weighted by Gasteiger charge is -2.28. The SMILES string of the molecule is Cc1ccccc1C1CCCN1c1ccc(S(=O)(=O)C(C)(C)C)nc1. The fourth-order valence-corrected chi connectivity index (χ4v) is 4.44. The van der Waals surface area contributed by atoms with Crippen molar-refractivity contribution in [2.75, 3.05) is 11.4 Å². The first-order valence-corrected chi connectivity index (χ1v) is 10.2. The monoisotopic (exact) mass is 358 g/mol. The highest BCUT2D eigenvalue weighted by Crippen LogP contribution is 2.37. The number of aryl methyl sites for hydroxylation is 1. The van der Waals surface area contributed by atoms with Crippen LogP contribution in [0.2, 0.25) is 0 Å². The third kappa shape index (κ3) is 3.30. The van der Waals surface area contributed by atoms with Gasteiger partial charge in [0.25, 0.3) is 0 Å². The van der Waals surface area contributed by atoms with Crippen LogP contribution in [0.4, 0.5) is 5.69 Å². The van der Waals surface area contributed by atoms with E-state index in [-0.39, 0.29) is 5.03 Å². The highest BCUT2D eigenvalue weighted by atomic mass is 32.2. The Morgan fingerprint density at radius 1 is 1.12 bits per heavy atom. The van der Waals surface area contributed by atoms with E-state index in [0.29, 0.717) is 6.04 Å². The number of aromatic nitrogens is 1. The smallest absolute Gasteiger partial charge is 0.200 e. The van der Waals surface area contributed by atoms with E-state index < -0.39 is 14.6 Å². The van der Waals surface area contributed by atoms with E-state index in [2.05, 4.69) is 41.1 Å². The fraction of sp³-hybridized carbons (Fsp3) is 0.450.